The molecule has 1 saturated heterocycles. The number of rotatable bonds is 6. The van der Waals surface area contributed by atoms with E-state index in [4.69, 9.17) is 29.6 Å². The number of carbonyl (C=O) groups excluding carboxylic acids is 2. The monoisotopic (exact) mass is 648 g/mol. The number of hydrogen-bond acceptors (Lipinski definition) is 5. The Labute approximate surface area is 245 Å². The van der Waals surface area contributed by atoms with Crippen molar-refractivity contribution in [3.8, 4) is 12.3 Å². The third-order valence-electron chi connectivity index (χ3n) is 7.21. The Morgan fingerprint density at radius 1 is 1.15 bits per heavy atom. The van der Waals surface area contributed by atoms with E-state index in [1.807, 2.05) is 24.3 Å². The molecule has 0 saturated carbocycles. The van der Waals surface area contributed by atoms with Gasteiger partial charge in [-0.3, -0.25) is 14.2 Å². The maximum absolute atomic E-state index is 14.2. The normalized spacial score (nSPS) is 20.2. The van der Waals surface area contributed by atoms with Crippen molar-refractivity contribution in [3.05, 3.63) is 68.7 Å². The molecule has 202 valence electrons. The number of carbonyl (C=O) groups is 2. The summed E-state index contributed by atoms with van der Waals surface area (Å²) in [5.74, 6) is 1.22. The smallest absolute Gasteiger partial charge is 0.260 e. The Morgan fingerprint density at radius 2 is 1.77 bits per heavy atom. The molecule has 3 aromatic rings. The summed E-state index contributed by atoms with van der Waals surface area (Å²) in [5.41, 5.74) is -0.132. The summed E-state index contributed by atoms with van der Waals surface area (Å²) >= 11 is 15.9. The van der Waals surface area contributed by atoms with E-state index in [0.717, 1.165) is 10.0 Å². The largest absolute Gasteiger partial charge is 0.285 e. The Bertz CT molecular complexity index is 1610. The highest BCUT2D eigenvalue weighted by atomic mass is 79.9. The Kier molecular flexibility index (Phi) is 7.42. The number of fused-ring (bicyclic) bond motifs is 1. The number of terminal acetylenes is 1. The first-order valence-electron chi connectivity index (χ1n) is 12.1. The summed E-state index contributed by atoms with van der Waals surface area (Å²) in [6.07, 6.45) is 7.38. The predicted molar refractivity (Wildman–Crippen MR) is 153 cm³/mol. The molecule has 0 aliphatic carbocycles. The zero-order valence-corrected chi connectivity index (χ0v) is 24.7. The first kappa shape index (κ1) is 27.9. The van der Waals surface area contributed by atoms with Crippen molar-refractivity contribution in [2.24, 2.45) is 5.92 Å². The molecule has 2 aliphatic rings. The van der Waals surface area contributed by atoms with Crippen molar-refractivity contribution in [1.29, 1.82) is 0 Å². The van der Waals surface area contributed by atoms with E-state index in [1.54, 1.807) is 25.1 Å². The zero-order valence-electron chi connectivity index (χ0n) is 20.8. The minimum absolute atomic E-state index is 0.109. The summed E-state index contributed by atoms with van der Waals surface area (Å²) in [7, 11) is -4.08. The van der Waals surface area contributed by atoms with Gasteiger partial charge in [0.1, 0.15) is 5.54 Å². The minimum Gasteiger partial charge on any atom is -0.285 e. The Morgan fingerprint density at radius 3 is 2.36 bits per heavy atom. The number of hydrogen-bond donors (Lipinski definition) is 0. The molecule has 12 heteroatoms. The predicted octanol–water partition coefficient (Wildman–Crippen LogP) is 5.19. The zero-order chi connectivity index (χ0) is 28.1. The third kappa shape index (κ3) is 4.92. The summed E-state index contributed by atoms with van der Waals surface area (Å²) in [6, 6.07) is 12.2. The lowest BCUT2D eigenvalue weighted by Crippen LogP contribution is -2.44. The van der Waals surface area contributed by atoms with Crippen molar-refractivity contribution in [1.82, 2.24) is 13.9 Å². The number of sulfonamides is 1. The SMILES string of the molecule is C#CC(=O)C1CCN(S(=O)(=O)c2cnc3n2C(C)(Cc2ccc(Br)cc2)C(=O)N3c2cc(Cl)cc(Cl)c2)CC1. The molecule has 1 amide bonds. The van der Waals surface area contributed by atoms with Crippen molar-refractivity contribution in [3.63, 3.8) is 0 Å². The van der Waals surface area contributed by atoms with Crippen LogP contribution in [-0.4, -0.2) is 47.1 Å². The second-order valence-corrected chi connectivity index (χ2v) is 13.4. The molecular formula is C27H23BrCl2N4O4S. The molecule has 1 aromatic heterocycles. The molecule has 2 aromatic carbocycles. The molecule has 1 atom stereocenters. The van der Waals surface area contributed by atoms with Crippen molar-refractivity contribution < 1.29 is 18.0 Å². The molecule has 39 heavy (non-hydrogen) atoms. The van der Waals surface area contributed by atoms with Gasteiger partial charge in [-0.1, -0.05) is 51.3 Å². The number of imidazole rings is 1. The third-order valence-corrected chi connectivity index (χ3v) is 10.0. The number of nitrogens with zero attached hydrogens (tertiary/aromatic N) is 4. The van der Waals surface area contributed by atoms with Gasteiger partial charge in [0, 0.05) is 39.9 Å². The van der Waals surface area contributed by atoms with Gasteiger partial charge in [-0.2, -0.15) is 4.31 Å². The number of ketones is 1. The van der Waals surface area contributed by atoms with Gasteiger partial charge in [0.15, 0.2) is 5.03 Å². The van der Waals surface area contributed by atoms with Gasteiger partial charge in [0.25, 0.3) is 15.9 Å². The number of halogens is 3. The lowest BCUT2D eigenvalue weighted by atomic mass is 9.92. The van der Waals surface area contributed by atoms with Gasteiger partial charge in [-0.25, -0.2) is 18.3 Å². The fraction of sp³-hybridized carbons (Fsp3) is 0.296. The van der Waals surface area contributed by atoms with Crippen LogP contribution in [0.3, 0.4) is 0 Å². The highest BCUT2D eigenvalue weighted by molar-refractivity contribution is 9.10. The minimum atomic E-state index is -4.08. The second kappa shape index (κ2) is 10.4. The lowest BCUT2D eigenvalue weighted by Gasteiger charge is -2.31. The van der Waals surface area contributed by atoms with Crippen LogP contribution in [0.4, 0.5) is 11.6 Å². The quantitative estimate of drug-likeness (QED) is 0.271. The van der Waals surface area contributed by atoms with Gasteiger partial charge in [-0.05, 0) is 61.6 Å². The van der Waals surface area contributed by atoms with Crippen molar-refractivity contribution in [2.45, 2.75) is 36.8 Å². The molecule has 0 bridgehead atoms. The van der Waals surface area contributed by atoms with Gasteiger partial charge >= 0.3 is 0 Å². The van der Waals surface area contributed by atoms with Crippen molar-refractivity contribution >= 4 is 72.5 Å². The maximum atomic E-state index is 14.2. The highest BCUT2D eigenvalue weighted by Gasteiger charge is 2.52. The molecular weight excluding hydrogens is 627 g/mol. The summed E-state index contributed by atoms with van der Waals surface area (Å²) < 4.78 is 31.6. The number of piperidine rings is 1. The van der Waals surface area contributed by atoms with Gasteiger partial charge in [-0.15, -0.1) is 6.42 Å². The first-order chi connectivity index (χ1) is 18.5. The van der Waals surface area contributed by atoms with E-state index in [2.05, 4.69) is 26.8 Å². The maximum Gasteiger partial charge on any atom is 0.260 e. The van der Waals surface area contributed by atoms with Crippen LogP contribution in [0.5, 0.6) is 0 Å². The van der Waals surface area contributed by atoms with E-state index in [1.165, 1.54) is 20.0 Å². The molecule has 3 heterocycles. The van der Waals surface area contributed by atoms with Gasteiger partial charge in [0.05, 0.1) is 11.9 Å². The van der Waals surface area contributed by atoms with Gasteiger partial charge in [0.2, 0.25) is 11.7 Å². The molecule has 2 aliphatic heterocycles. The molecule has 0 N–H and O–H groups in total. The van der Waals surface area contributed by atoms with Gasteiger partial charge < -0.3 is 0 Å². The van der Waals surface area contributed by atoms with Crippen LogP contribution in [0.1, 0.15) is 25.3 Å². The molecule has 0 radical (unpaired) electrons. The standard InChI is InChI=1S/C27H23BrCl2N4O4S/c1-3-23(35)18-8-10-32(11-9-18)39(37,38)24-16-31-26-33(22-13-20(29)12-21(30)14-22)25(36)27(2,34(24)26)15-17-4-6-19(28)7-5-17/h1,4-7,12-14,16,18H,8-11,15H2,2H3. The summed E-state index contributed by atoms with van der Waals surface area (Å²) in [4.78, 5) is 31.9. The number of amides is 1. The second-order valence-electron chi connectivity index (χ2n) is 9.76. The van der Waals surface area contributed by atoms with E-state index in [9.17, 15) is 18.0 Å². The van der Waals surface area contributed by atoms with E-state index < -0.39 is 15.6 Å². The van der Waals surface area contributed by atoms with Crippen LogP contribution in [0.2, 0.25) is 10.0 Å². The Balaban J connectivity index is 1.61. The number of anilines is 2. The average molecular weight is 650 g/mol. The van der Waals surface area contributed by atoms with Crippen LogP contribution in [0, 0.1) is 18.3 Å². The van der Waals surface area contributed by atoms with Crippen LogP contribution >= 0.6 is 39.1 Å². The fourth-order valence-corrected chi connectivity index (χ4v) is 7.66. The topological polar surface area (TPSA) is 92.6 Å². The Hall–Kier alpha value is -2.68. The van der Waals surface area contributed by atoms with Crippen LogP contribution in [-0.2, 0) is 31.6 Å². The molecule has 5 rings (SSSR count). The van der Waals surface area contributed by atoms with Crippen molar-refractivity contribution in [2.75, 3.05) is 18.0 Å². The van der Waals surface area contributed by atoms with Crippen LogP contribution < -0.4 is 4.90 Å². The molecule has 0 spiro atoms. The summed E-state index contributed by atoms with van der Waals surface area (Å²) in [5, 5.41) is 0.534. The molecule has 1 fully saturated rings. The highest BCUT2D eigenvalue weighted by Crippen LogP contribution is 2.45. The number of benzene rings is 2. The summed E-state index contributed by atoms with van der Waals surface area (Å²) in [6.45, 7) is 1.96. The lowest BCUT2D eigenvalue weighted by molar-refractivity contribution is -0.124. The van der Waals surface area contributed by atoms with E-state index in [0.29, 0.717) is 28.6 Å². The van der Waals surface area contributed by atoms with E-state index >= 15 is 0 Å². The van der Waals surface area contributed by atoms with Crippen LogP contribution in [0.15, 0.2) is 58.2 Å². The average Bonchev–Trinajstić information content (AvgIpc) is 3.43. The number of Topliss-reactive ketones (excluding diaryl/α,β-unsaturated/α-hetero) is 1. The molecule has 8 nitrogen and oxygen atoms in total. The van der Waals surface area contributed by atoms with Crippen LogP contribution in [0.25, 0.3) is 0 Å². The molecule has 1 unspecified atom stereocenters. The number of aromatic nitrogens is 2. The van der Waals surface area contributed by atoms with E-state index in [-0.39, 0.29) is 48.1 Å². The fourth-order valence-electron chi connectivity index (χ4n) is 5.22. The first-order valence-corrected chi connectivity index (χ1v) is 15.1.